The number of aromatic nitrogens is 4. The van der Waals surface area contributed by atoms with Gasteiger partial charge in [-0.3, -0.25) is 14.6 Å². The minimum Gasteiger partial charge on any atom is -0.348 e. The van der Waals surface area contributed by atoms with Gasteiger partial charge >= 0.3 is 0 Å². The Morgan fingerprint density at radius 2 is 1.88 bits per heavy atom. The molecule has 160 valence electrons. The van der Waals surface area contributed by atoms with Gasteiger partial charge in [0.25, 0.3) is 5.56 Å². The molecule has 0 saturated heterocycles. The smallest absolute Gasteiger partial charge is 0.296 e. The van der Waals surface area contributed by atoms with E-state index in [1.807, 2.05) is 48.0 Å². The molecule has 0 unspecified atom stereocenters. The van der Waals surface area contributed by atoms with E-state index in [1.165, 1.54) is 9.58 Å². The minimum absolute atomic E-state index is 0.0592. The SMILES string of the molecule is CN(C)C(=O)Cc1nn(-c2cncc3ccccc23)c(=O)c2c1c1ccc(Cl)cc1n2C. The normalized spacial score (nSPS) is 11.5. The van der Waals surface area contributed by atoms with Crippen molar-refractivity contribution in [3.8, 4) is 5.69 Å². The number of carbonyl (C=O) groups excluding carboxylic acids is 1. The Balaban J connectivity index is 1.92. The summed E-state index contributed by atoms with van der Waals surface area (Å²) in [5.74, 6) is -0.106. The molecule has 0 aliphatic heterocycles. The number of fused-ring (bicyclic) bond motifs is 4. The molecule has 7 nitrogen and oxygen atoms in total. The van der Waals surface area contributed by atoms with Gasteiger partial charge in [0, 0.05) is 53.9 Å². The van der Waals surface area contributed by atoms with Gasteiger partial charge in [-0.15, -0.1) is 0 Å². The first-order valence-corrected chi connectivity index (χ1v) is 10.5. The van der Waals surface area contributed by atoms with E-state index in [0.717, 1.165) is 21.7 Å². The molecule has 1 amide bonds. The van der Waals surface area contributed by atoms with Crippen LogP contribution in [0.2, 0.25) is 5.02 Å². The van der Waals surface area contributed by atoms with Crippen LogP contribution in [-0.4, -0.2) is 44.2 Å². The van der Waals surface area contributed by atoms with E-state index in [-0.39, 0.29) is 17.9 Å². The standard InChI is InChI=1S/C24H20ClN5O2/c1-28(2)21(31)11-18-22-17-9-8-15(25)10-19(17)29(3)23(22)24(32)30(27-18)20-13-26-12-14-6-4-5-7-16(14)20/h4-10,12-13H,11H2,1-3H3. The molecule has 5 rings (SSSR count). The molecular formula is C24H20ClN5O2. The Bertz CT molecular complexity index is 1590. The molecule has 2 aromatic carbocycles. The Hall–Kier alpha value is -3.71. The molecule has 3 aromatic heterocycles. The fraction of sp³-hybridized carbons (Fsp3) is 0.167. The lowest BCUT2D eigenvalue weighted by atomic mass is 10.1. The lowest BCUT2D eigenvalue weighted by Gasteiger charge is -2.14. The first kappa shape index (κ1) is 20.2. The molecule has 3 heterocycles. The Morgan fingerprint density at radius 3 is 2.66 bits per heavy atom. The maximum absolute atomic E-state index is 13.7. The fourth-order valence-electron chi connectivity index (χ4n) is 4.13. The van der Waals surface area contributed by atoms with E-state index in [2.05, 4.69) is 4.98 Å². The van der Waals surface area contributed by atoms with Gasteiger partial charge in [-0.2, -0.15) is 9.78 Å². The summed E-state index contributed by atoms with van der Waals surface area (Å²) in [5, 5.41) is 8.52. The topological polar surface area (TPSA) is 73.0 Å². The van der Waals surface area contributed by atoms with Crippen molar-refractivity contribution in [2.24, 2.45) is 7.05 Å². The van der Waals surface area contributed by atoms with E-state index >= 15 is 0 Å². The first-order valence-electron chi connectivity index (χ1n) is 10.1. The summed E-state index contributed by atoms with van der Waals surface area (Å²) in [4.78, 5) is 32.2. The number of hydrogen-bond donors (Lipinski definition) is 0. The van der Waals surface area contributed by atoms with Crippen molar-refractivity contribution in [2.45, 2.75) is 6.42 Å². The third kappa shape index (κ3) is 3.05. The van der Waals surface area contributed by atoms with Crippen molar-refractivity contribution in [2.75, 3.05) is 14.1 Å². The van der Waals surface area contributed by atoms with Crippen LogP contribution in [0.3, 0.4) is 0 Å². The zero-order valence-corrected chi connectivity index (χ0v) is 18.6. The largest absolute Gasteiger partial charge is 0.348 e. The second-order valence-corrected chi connectivity index (χ2v) is 8.39. The summed E-state index contributed by atoms with van der Waals surface area (Å²) in [5.41, 5.74) is 2.08. The number of carbonyl (C=O) groups is 1. The van der Waals surface area contributed by atoms with Gasteiger partial charge in [0.15, 0.2) is 0 Å². The highest BCUT2D eigenvalue weighted by Gasteiger charge is 2.22. The van der Waals surface area contributed by atoms with Gasteiger partial charge in [0.2, 0.25) is 5.91 Å². The molecule has 0 fully saturated rings. The molecule has 0 bridgehead atoms. The number of amides is 1. The number of rotatable bonds is 3. The molecule has 32 heavy (non-hydrogen) atoms. The van der Waals surface area contributed by atoms with Gasteiger partial charge in [0.05, 0.1) is 29.5 Å². The second kappa shape index (κ2) is 7.46. The summed E-state index contributed by atoms with van der Waals surface area (Å²) in [6.07, 6.45) is 3.43. The summed E-state index contributed by atoms with van der Waals surface area (Å²) in [7, 11) is 5.23. The highest BCUT2D eigenvalue weighted by molar-refractivity contribution is 6.31. The summed E-state index contributed by atoms with van der Waals surface area (Å²) < 4.78 is 3.18. The van der Waals surface area contributed by atoms with E-state index < -0.39 is 0 Å². The van der Waals surface area contributed by atoms with Crippen LogP contribution in [0, 0.1) is 0 Å². The second-order valence-electron chi connectivity index (χ2n) is 7.95. The van der Waals surface area contributed by atoms with Crippen LogP contribution in [0.1, 0.15) is 5.69 Å². The van der Waals surface area contributed by atoms with E-state index in [4.69, 9.17) is 16.7 Å². The predicted octanol–water partition coefficient (Wildman–Crippen LogP) is 3.71. The quantitative estimate of drug-likeness (QED) is 0.424. The monoisotopic (exact) mass is 445 g/mol. The average molecular weight is 446 g/mol. The summed E-state index contributed by atoms with van der Waals surface area (Å²) in [6.45, 7) is 0. The Labute approximate surface area is 188 Å². The van der Waals surface area contributed by atoms with Gasteiger partial charge in [-0.1, -0.05) is 41.9 Å². The third-order valence-corrected chi connectivity index (χ3v) is 5.99. The van der Waals surface area contributed by atoms with Crippen molar-refractivity contribution in [3.63, 3.8) is 0 Å². The first-order chi connectivity index (χ1) is 15.4. The molecule has 0 spiro atoms. The molecule has 0 aliphatic rings. The molecule has 0 aliphatic carbocycles. The van der Waals surface area contributed by atoms with E-state index in [0.29, 0.717) is 27.3 Å². The van der Waals surface area contributed by atoms with E-state index in [1.54, 1.807) is 32.6 Å². The van der Waals surface area contributed by atoms with Crippen molar-refractivity contribution in [3.05, 3.63) is 75.9 Å². The number of aryl methyl sites for hydroxylation is 1. The Kier molecular flexibility index (Phi) is 4.71. The van der Waals surface area contributed by atoms with Gasteiger partial charge in [0.1, 0.15) is 5.52 Å². The van der Waals surface area contributed by atoms with Crippen LogP contribution in [0.4, 0.5) is 0 Å². The third-order valence-electron chi connectivity index (χ3n) is 5.76. The maximum atomic E-state index is 13.7. The number of nitrogens with zero attached hydrogens (tertiary/aromatic N) is 5. The molecule has 5 aromatic rings. The van der Waals surface area contributed by atoms with Crippen LogP contribution in [0.25, 0.3) is 38.3 Å². The molecule has 0 atom stereocenters. The van der Waals surface area contributed by atoms with Gasteiger partial charge in [-0.25, -0.2) is 0 Å². The lowest BCUT2D eigenvalue weighted by Crippen LogP contribution is -2.28. The van der Waals surface area contributed by atoms with Gasteiger partial charge < -0.3 is 9.47 Å². The van der Waals surface area contributed by atoms with Gasteiger partial charge in [-0.05, 0) is 12.1 Å². The van der Waals surface area contributed by atoms with E-state index in [9.17, 15) is 9.59 Å². The minimum atomic E-state index is -0.283. The summed E-state index contributed by atoms with van der Waals surface area (Å²) >= 11 is 6.23. The fourth-order valence-corrected chi connectivity index (χ4v) is 4.29. The predicted molar refractivity (Wildman–Crippen MR) is 127 cm³/mol. The zero-order chi connectivity index (χ0) is 22.6. The number of halogens is 1. The number of likely N-dealkylation sites (N-methyl/N-ethyl adjacent to an activating group) is 1. The van der Waals surface area contributed by atoms with Crippen molar-refractivity contribution < 1.29 is 4.79 Å². The highest BCUT2D eigenvalue weighted by atomic mass is 35.5. The number of hydrogen-bond acceptors (Lipinski definition) is 4. The van der Waals surface area contributed by atoms with Crippen LogP contribution >= 0.6 is 11.6 Å². The number of benzene rings is 2. The molecular weight excluding hydrogens is 426 g/mol. The molecule has 0 saturated carbocycles. The lowest BCUT2D eigenvalue weighted by molar-refractivity contribution is -0.128. The van der Waals surface area contributed by atoms with Crippen LogP contribution < -0.4 is 5.56 Å². The van der Waals surface area contributed by atoms with Crippen molar-refractivity contribution in [1.82, 2.24) is 24.2 Å². The van der Waals surface area contributed by atoms with Crippen molar-refractivity contribution >= 4 is 50.1 Å². The highest BCUT2D eigenvalue weighted by Crippen LogP contribution is 2.31. The van der Waals surface area contributed by atoms with Crippen LogP contribution in [-0.2, 0) is 18.3 Å². The molecule has 8 heteroatoms. The zero-order valence-electron chi connectivity index (χ0n) is 17.8. The van der Waals surface area contributed by atoms with Crippen molar-refractivity contribution in [1.29, 1.82) is 0 Å². The van der Waals surface area contributed by atoms with Crippen LogP contribution in [0.5, 0.6) is 0 Å². The summed E-state index contributed by atoms with van der Waals surface area (Å²) in [6, 6.07) is 13.2. The maximum Gasteiger partial charge on any atom is 0.296 e. The van der Waals surface area contributed by atoms with Crippen LogP contribution in [0.15, 0.2) is 59.7 Å². The number of pyridine rings is 1. The Morgan fingerprint density at radius 1 is 1.09 bits per heavy atom. The molecule has 0 N–H and O–H groups in total. The average Bonchev–Trinajstić information content (AvgIpc) is 3.07. The molecule has 0 radical (unpaired) electrons.